The molecule has 0 saturated heterocycles. The first-order valence-electron chi connectivity index (χ1n) is 4.00. The summed E-state index contributed by atoms with van der Waals surface area (Å²) in [5.74, 6) is -0.322. The standard InChI is InChI=1S/C10H6BrClFN/c1-5-2-9(12)7-3-6(13)4-8(11)10(7)14-5/h2-4H,1H3. The monoisotopic (exact) mass is 273 g/mol. The van der Waals surface area contributed by atoms with Crippen molar-refractivity contribution in [2.45, 2.75) is 6.92 Å². The molecule has 1 aromatic heterocycles. The zero-order valence-electron chi connectivity index (χ0n) is 7.31. The van der Waals surface area contributed by atoms with Crippen LogP contribution in [-0.2, 0) is 0 Å². The average Bonchev–Trinajstić information content (AvgIpc) is 2.07. The fraction of sp³-hybridized carbons (Fsp3) is 0.100. The predicted molar refractivity (Wildman–Crippen MR) is 59.1 cm³/mol. The van der Waals surface area contributed by atoms with Crippen molar-refractivity contribution in [1.29, 1.82) is 0 Å². The SMILES string of the molecule is Cc1cc(Cl)c2cc(F)cc(Br)c2n1. The number of hydrogen-bond donors (Lipinski definition) is 0. The fourth-order valence-electron chi connectivity index (χ4n) is 1.33. The highest BCUT2D eigenvalue weighted by Gasteiger charge is 2.07. The Bertz CT molecular complexity index is 466. The fourth-order valence-corrected chi connectivity index (χ4v) is 2.15. The lowest BCUT2D eigenvalue weighted by molar-refractivity contribution is 0.629. The number of rotatable bonds is 0. The molecule has 14 heavy (non-hydrogen) atoms. The normalized spacial score (nSPS) is 10.9. The summed E-state index contributed by atoms with van der Waals surface area (Å²) in [6.07, 6.45) is 0. The van der Waals surface area contributed by atoms with Gasteiger partial charge in [0.15, 0.2) is 0 Å². The molecule has 4 heteroatoms. The van der Waals surface area contributed by atoms with Gasteiger partial charge in [-0.25, -0.2) is 4.39 Å². The molecule has 0 N–H and O–H groups in total. The van der Waals surface area contributed by atoms with Gasteiger partial charge >= 0.3 is 0 Å². The van der Waals surface area contributed by atoms with Gasteiger partial charge in [-0.1, -0.05) is 11.6 Å². The van der Waals surface area contributed by atoms with Gasteiger partial charge in [-0.05, 0) is 41.1 Å². The van der Waals surface area contributed by atoms with Crippen LogP contribution in [-0.4, -0.2) is 4.98 Å². The van der Waals surface area contributed by atoms with Crippen molar-refractivity contribution in [2.24, 2.45) is 0 Å². The van der Waals surface area contributed by atoms with Crippen LogP contribution in [0, 0.1) is 12.7 Å². The summed E-state index contributed by atoms with van der Waals surface area (Å²) in [4.78, 5) is 4.28. The van der Waals surface area contributed by atoms with Crippen molar-refractivity contribution in [3.05, 3.63) is 39.2 Å². The van der Waals surface area contributed by atoms with E-state index in [4.69, 9.17) is 11.6 Å². The summed E-state index contributed by atoms with van der Waals surface area (Å²) in [5, 5.41) is 1.15. The number of fused-ring (bicyclic) bond motifs is 1. The Morgan fingerprint density at radius 1 is 1.36 bits per heavy atom. The lowest BCUT2D eigenvalue weighted by Crippen LogP contribution is -1.87. The second-order valence-corrected chi connectivity index (χ2v) is 4.29. The second kappa shape index (κ2) is 3.48. The molecule has 2 aromatic rings. The first-order valence-corrected chi connectivity index (χ1v) is 5.17. The number of aryl methyl sites for hydroxylation is 1. The molecule has 0 radical (unpaired) electrons. The Morgan fingerprint density at radius 3 is 2.79 bits per heavy atom. The van der Waals surface area contributed by atoms with Crippen molar-refractivity contribution in [1.82, 2.24) is 4.98 Å². The molecule has 0 fully saturated rings. The molecule has 0 unspecified atom stereocenters. The molecule has 0 aliphatic rings. The number of pyridine rings is 1. The van der Waals surface area contributed by atoms with Crippen LogP contribution >= 0.6 is 27.5 Å². The summed E-state index contributed by atoms with van der Waals surface area (Å²) in [7, 11) is 0. The van der Waals surface area contributed by atoms with Crippen LogP contribution in [0.3, 0.4) is 0 Å². The minimum Gasteiger partial charge on any atom is -0.252 e. The summed E-state index contributed by atoms with van der Waals surface area (Å²) >= 11 is 9.23. The molecule has 0 saturated carbocycles. The third-order valence-electron chi connectivity index (χ3n) is 1.91. The topological polar surface area (TPSA) is 12.9 Å². The third-order valence-corrected chi connectivity index (χ3v) is 2.83. The summed E-state index contributed by atoms with van der Waals surface area (Å²) in [6, 6.07) is 4.48. The highest BCUT2D eigenvalue weighted by atomic mass is 79.9. The van der Waals surface area contributed by atoms with Gasteiger partial charge in [0.1, 0.15) is 5.82 Å². The molecule has 1 heterocycles. The van der Waals surface area contributed by atoms with E-state index in [-0.39, 0.29) is 5.82 Å². The second-order valence-electron chi connectivity index (χ2n) is 3.03. The van der Waals surface area contributed by atoms with Gasteiger partial charge in [-0.3, -0.25) is 4.98 Å². The van der Waals surface area contributed by atoms with Crippen LogP contribution < -0.4 is 0 Å². The van der Waals surface area contributed by atoms with Crippen molar-refractivity contribution in [3.63, 3.8) is 0 Å². The first kappa shape index (κ1) is 9.87. The largest absolute Gasteiger partial charge is 0.252 e. The third kappa shape index (κ3) is 1.62. The first-order chi connectivity index (χ1) is 6.58. The maximum atomic E-state index is 13.1. The summed E-state index contributed by atoms with van der Waals surface area (Å²) in [6.45, 7) is 1.85. The zero-order chi connectivity index (χ0) is 10.3. The van der Waals surface area contributed by atoms with Crippen LogP contribution in [0.2, 0.25) is 5.02 Å². The van der Waals surface area contributed by atoms with E-state index in [2.05, 4.69) is 20.9 Å². The van der Waals surface area contributed by atoms with E-state index in [1.165, 1.54) is 12.1 Å². The van der Waals surface area contributed by atoms with Crippen LogP contribution in [0.1, 0.15) is 5.69 Å². The van der Waals surface area contributed by atoms with E-state index in [1.54, 1.807) is 6.07 Å². The highest BCUT2D eigenvalue weighted by Crippen LogP contribution is 2.29. The van der Waals surface area contributed by atoms with Crippen molar-refractivity contribution in [2.75, 3.05) is 0 Å². The molecular formula is C10H6BrClFN. The van der Waals surface area contributed by atoms with Gasteiger partial charge < -0.3 is 0 Å². The van der Waals surface area contributed by atoms with Gasteiger partial charge in [0.05, 0.1) is 10.5 Å². The number of halogens is 3. The number of hydrogen-bond acceptors (Lipinski definition) is 1. The Balaban J connectivity index is 2.94. The Labute approximate surface area is 94.0 Å². The Kier molecular flexibility index (Phi) is 2.45. The number of benzene rings is 1. The molecule has 0 bridgehead atoms. The zero-order valence-corrected chi connectivity index (χ0v) is 9.66. The van der Waals surface area contributed by atoms with Gasteiger partial charge in [-0.15, -0.1) is 0 Å². The van der Waals surface area contributed by atoms with E-state index >= 15 is 0 Å². The average molecular weight is 275 g/mol. The minimum absolute atomic E-state index is 0.322. The molecule has 0 amide bonds. The lowest BCUT2D eigenvalue weighted by atomic mass is 10.2. The minimum atomic E-state index is -0.322. The molecule has 1 aromatic carbocycles. The van der Waals surface area contributed by atoms with Gasteiger partial charge in [-0.2, -0.15) is 0 Å². The van der Waals surface area contributed by atoms with E-state index in [1.807, 2.05) is 6.92 Å². The summed E-state index contributed by atoms with van der Waals surface area (Å²) < 4.78 is 13.7. The molecule has 0 spiro atoms. The van der Waals surface area contributed by atoms with Gasteiger partial charge in [0, 0.05) is 15.6 Å². The van der Waals surface area contributed by atoms with Crippen LogP contribution in [0.15, 0.2) is 22.7 Å². The molecule has 72 valence electrons. The Morgan fingerprint density at radius 2 is 2.07 bits per heavy atom. The molecular weight excluding hydrogens is 268 g/mol. The van der Waals surface area contributed by atoms with Gasteiger partial charge in [0.2, 0.25) is 0 Å². The van der Waals surface area contributed by atoms with Crippen LogP contribution in [0.5, 0.6) is 0 Å². The van der Waals surface area contributed by atoms with E-state index in [0.29, 0.717) is 20.4 Å². The summed E-state index contributed by atoms with van der Waals surface area (Å²) in [5.41, 5.74) is 1.51. The van der Waals surface area contributed by atoms with Crippen LogP contribution in [0.4, 0.5) is 4.39 Å². The van der Waals surface area contributed by atoms with Gasteiger partial charge in [0.25, 0.3) is 0 Å². The molecule has 1 nitrogen and oxygen atoms in total. The quantitative estimate of drug-likeness (QED) is 0.705. The van der Waals surface area contributed by atoms with Crippen molar-refractivity contribution >= 4 is 38.4 Å². The maximum Gasteiger partial charge on any atom is 0.125 e. The van der Waals surface area contributed by atoms with Crippen molar-refractivity contribution in [3.8, 4) is 0 Å². The molecule has 0 aliphatic carbocycles. The van der Waals surface area contributed by atoms with E-state index in [0.717, 1.165) is 5.69 Å². The highest BCUT2D eigenvalue weighted by molar-refractivity contribution is 9.10. The van der Waals surface area contributed by atoms with Crippen molar-refractivity contribution < 1.29 is 4.39 Å². The molecule has 0 aliphatic heterocycles. The van der Waals surface area contributed by atoms with Crippen LogP contribution in [0.25, 0.3) is 10.9 Å². The lowest BCUT2D eigenvalue weighted by Gasteiger charge is -2.04. The molecule has 0 atom stereocenters. The number of aromatic nitrogens is 1. The Hall–Kier alpha value is -0.670. The smallest absolute Gasteiger partial charge is 0.125 e. The number of nitrogens with zero attached hydrogens (tertiary/aromatic N) is 1. The molecule has 2 rings (SSSR count). The predicted octanol–water partition coefficient (Wildman–Crippen LogP) is 4.10. The van der Waals surface area contributed by atoms with E-state index in [9.17, 15) is 4.39 Å². The van der Waals surface area contributed by atoms with E-state index < -0.39 is 0 Å². The maximum absolute atomic E-state index is 13.1.